The van der Waals surface area contributed by atoms with Crippen molar-refractivity contribution in [3.05, 3.63) is 0 Å². The first-order chi connectivity index (χ1) is 6.77. The van der Waals surface area contributed by atoms with Crippen molar-refractivity contribution >= 4 is 5.91 Å². The zero-order valence-electron chi connectivity index (χ0n) is 8.75. The molecular formula is C10H20N2O2. The molecule has 0 aromatic rings. The lowest BCUT2D eigenvalue weighted by atomic mass is 10.0. The van der Waals surface area contributed by atoms with Gasteiger partial charge in [0.2, 0.25) is 5.91 Å². The Kier molecular flexibility index (Phi) is 4.90. The van der Waals surface area contributed by atoms with E-state index in [1.165, 1.54) is 0 Å². The van der Waals surface area contributed by atoms with E-state index in [1.807, 2.05) is 6.92 Å². The van der Waals surface area contributed by atoms with E-state index < -0.39 is 0 Å². The summed E-state index contributed by atoms with van der Waals surface area (Å²) in [6.45, 7) is 2.90. The molecule has 1 heterocycles. The Morgan fingerprint density at radius 2 is 2.43 bits per heavy atom. The Balaban J connectivity index is 2.32. The van der Waals surface area contributed by atoms with Crippen LogP contribution < -0.4 is 10.6 Å². The molecule has 0 aliphatic carbocycles. The van der Waals surface area contributed by atoms with Gasteiger partial charge in [0.25, 0.3) is 0 Å². The fraction of sp³-hybridized carbons (Fsp3) is 0.900. The molecule has 1 saturated heterocycles. The van der Waals surface area contributed by atoms with Gasteiger partial charge in [-0.2, -0.15) is 0 Å². The van der Waals surface area contributed by atoms with Crippen LogP contribution in [-0.4, -0.2) is 36.2 Å². The zero-order chi connectivity index (χ0) is 10.4. The van der Waals surface area contributed by atoms with Crippen LogP contribution in [0, 0.1) is 0 Å². The van der Waals surface area contributed by atoms with E-state index in [0.29, 0.717) is 0 Å². The van der Waals surface area contributed by atoms with Crippen molar-refractivity contribution in [3.8, 4) is 0 Å². The number of nitrogens with one attached hydrogen (secondary N) is 2. The molecule has 1 rings (SSSR count). The second-order valence-electron chi connectivity index (χ2n) is 3.80. The number of rotatable bonds is 4. The minimum atomic E-state index is -0.0915. The van der Waals surface area contributed by atoms with Crippen LogP contribution in [0.15, 0.2) is 0 Å². The Bertz CT molecular complexity index is 175. The molecule has 0 aromatic carbocycles. The number of aliphatic hydroxyl groups is 1. The van der Waals surface area contributed by atoms with Crippen molar-refractivity contribution in [2.75, 3.05) is 13.2 Å². The third-order valence-corrected chi connectivity index (χ3v) is 2.69. The molecule has 4 heteroatoms. The van der Waals surface area contributed by atoms with Gasteiger partial charge < -0.3 is 15.7 Å². The second kappa shape index (κ2) is 5.98. The van der Waals surface area contributed by atoms with Crippen LogP contribution in [-0.2, 0) is 4.79 Å². The van der Waals surface area contributed by atoms with Crippen LogP contribution in [0.25, 0.3) is 0 Å². The highest BCUT2D eigenvalue weighted by atomic mass is 16.3. The van der Waals surface area contributed by atoms with Crippen LogP contribution in [0.5, 0.6) is 0 Å². The van der Waals surface area contributed by atoms with Gasteiger partial charge in [-0.05, 0) is 25.8 Å². The first-order valence-corrected chi connectivity index (χ1v) is 5.42. The molecule has 0 spiro atoms. The molecule has 1 fully saturated rings. The van der Waals surface area contributed by atoms with Crippen molar-refractivity contribution in [2.24, 2.45) is 0 Å². The fourth-order valence-corrected chi connectivity index (χ4v) is 1.65. The maximum atomic E-state index is 11.6. The largest absolute Gasteiger partial charge is 0.394 e. The summed E-state index contributed by atoms with van der Waals surface area (Å²) in [6, 6.07) is -0.143. The molecule has 0 bridgehead atoms. The Morgan fingerprint density at radius 1 is 1.64 bits per heavy atom. The van der Waals surface area contributed by atoms with Crippen LogP contribution in [0.4, 0.5) is 0 Å². The van der Waals surface area contributed by atoms with Crippen molar-refractivity contribution in [2.45, 2.75) is 44.7 Å². The van der Waals surface area contributed by atoms with Crippen LogP contribution in [0.2, 0.25) is 0 Å². The Labute approximate surface area is 85.1 Å². The van der Waals surface area contributed by atoms with Gasteiger partial charge in [0, 0.05) is 0 Å². The summed E-state index contributed by atoms with van der Waals surface area (Å²) in [7, 11) is 0. The fourth-order valence-electron chi connectivity index (χ4n) is 1.65. The summed E-state index contributed by atoms with van der Waals surface area (Å²) >= 11 is 0. The SMILES string of the molecule is CC[C@H](CO)NC(=O)C1CCCCN1. The van der Waals surface area contributed by atoms with Gasteiger partial charge in [0.05, 0.1) is 18.7 Å². The van der Waals surface area contributed by atoms with Gasteiger partial charge in [-0.25, -0.2) is 0 Å². The molecule has 1 unspecified atom stereocenters. The van der Waals surface area contributed by atoms with Gasteiger partial charge >= 0.3 is 0 Å². The average molecular weight is 200 g/mol. The van der Waals surface area contributed by atoms with Gasteiger partial charge in [-0.15, -0.1) is 0 Å². The summed E-state index contributed by atoms with van der Waals surface area (Å²) < 4.78 is 0. The highest BCUT2D eigenvalue weighted by molar-refractivity contribution is 5.82. The standard InChI is InChI=1S/C10H20N2O2/c1-2-8(7-13)12-10(14)9-5-3-4-6-11-9/h8-9,11,13H,2-7H2,1H3,(H,12,14)/t8-,9?/m1/s1. The lowest BCUT2D eigenvalue weighted by molar-refractivity contribution is -0.124. The van der Waals surface area contributed by atoms with E-state index in [0.717, 1.165) is 32.2 Å². The molecule has 0 radical (unpaired) electrons. The van der Waals surface area contributed by atoms with E-state index in [-0.39, 0.29) is 24.6 Å². The maximum Gasteiger partial charge on any atom is 0.237 e. The predicted octanol–water partition coefficient (Wildman–Crippen LogP) is 0.0156. The molecule has 0 saturated carbocycles. The number of piperidine rings is 1. The molecule has 1 aliphatic heterocycles. The molecule has 14 heavy (non-hydrogen) atoms. The number of hydrogen-bond acceptors (Lipinski definition) is 3. The Morgan fingerprint density at radius 3 is 2.93 bits per heavy atom. The van der Waals surface area contributed by atoms with Crippen molar-refractivity contribution in [3.63, 3.8) is 0 Å². The molecule has 1 aliphatic rings. The zero-order valence-corrected chi connectivity index (χ0v) is 8.75. The summed E-state index contributed by atoms with van der Waals surface area (Å²) in [4.78, 5) is 11.6. The molecule has 2 atom stereocenters. The van der Waals surface area contributed by atoms with Crippen LogP contribution >= 0.6 is 0 Å². The molecule has 4 nitrogen and oxygen atoms in total. The van der Waals surface area contributed by atoms with Gasteiger partial charge in [0.1, 0.15) is 0 Å². The average Bonchev–Trinajstić information content (AvgIpc) is 2.26. The smallest absolute Gasteiger partial charge is 0.237 e. The summed E-state index contributed by atoms with van der Waals surface area (Å²) in [5.74, 6) is 0.0330. The molecule has 1 amide bonds. The summed E-state index contributed by atoms with van der Waals surface area (Å²) in [5, 5.41) is 15.0. The number of carbonyl (C=O) groups is 1. The van der Waals surface area contributed by atoms with Crippen LogP contribution in [0.1, 0.15) is 32.6 Å². The molecule has 0 aromatic heterocycles. The number of carbonyl (C=O) groups excluding carboxylic acids is 1. The van der Waals surface area contributed by atoms with Gasteiger partial charge in [0.15, 0.2) is 0 Å². The third-order valence-electron chi connectivity index (χ3n) is 2.69. The first-order valence-electron chi connectivity index (χ1n) is 5.42. The van der Waals surface area contributed by atoms with E-state index in [9.17, 15) is 4.79 Å². The van der Waals surface area contributed by atoms with Crippen molar-refractivity contribution < 1.29 is 9.90 Å². The van der Waals surface area contributed by atoms with Crippen LogP contribution in [0.3, 0.4) is 0 Å². The number of hydrogen-bond donors (Lipinski definition) is 3. The van der Waals surface area contributed by atoms with E-state index in [4.69, 9.17) is 5.11 Å². The van der Waals surface area contributed by atoms with E-state index in [2.05, 4.69) is 10.6 Å². The first kappa shape index (κ1) is 11.5. The molecule has 3 N–H and O–H groups in total. The maximum absolute atomic E-state index is 11.6. The molecular weight excluding hydrogens is 180 g/mol. The minimum absolute atomic E-state index is 0.0228. The predicted molar refractivity (Wildman–Crippen MR) is 54.9 cm³/mol. The van der Waals surface area contributed by atoms with E-state index >= 15 is 0 Å². The second-order valence-corrected chi connectivity index (χ2v) is 3.80. The van der Waals surface area contributed by atoms with E-state index in [1.54, 1.807) is 0 Å². The number of aliphatic hydroxyl groups excluding tert-OH is 1. The van der Waals surface area contributed by atoms with Crippen molar-refractivity contribution in [1.82, 2.24) is 10.6 Å². The quantitative estimate of drug-likeness (QED) is 0.599. The lowest BCUT2D eigenvalue weighted by Gasteiger charge is -2.24. The Hall–Kier alpha value is -0.610. The number of amides is 1. The summed E-state index contributed by atoms with van der Waals surface area (Å²) in [5.41, 5.74) is 0. The highest BCUT2D eigenvalue weighted by Crippen LogP contribution is 2.07. The highest BCUT2D eigenvalue weighted by Gasteiger charge is 2.21. The lowest BCUT2D eigenvalue weighted by Crippen LogP contribution is -2.50. The van der Waals surface area contributed by atoms with Crippen molar-refractivity contribution in [1.29, 1.82) is 0 Å². The topological polar surface area (TPSA) is 61.4 Å². The third kappa shape index (κ3) is 3.27. The molecule has 82 valence electrons. The monoisotopic (exact) mass is 200 g/mol. The minimum Gasteiger partial charge on any atom is -0.394 e. The van der Waals surface area contributed by atoms with Gasteiger partial charge in [-0.3, -0.25) is 4.79 Å². The van der Waals surface area contributed by atoms with Gasteiger partial charge in [-0.1, -0.05) is 13.3 Å². The normalized spacial score (nSPS) is 24.3. The summed E-state index contributed by atoms with van der Waals surface area (Å²) in [6.07, 6.45) is 3.95.